The van der Waals surface area contributed by atoms with Gasteiger partial charge in [-0.05, 0) is 42.2 Å². The van der Waals surface area contributed by atoms with Crippen molar-refractivity contribution < 1.29 is 19.7 Å². The van der Waals surface area contributed by atoms with Crippen LogP contribution in [0.1, 0.15) is 27.2 Å². The third-order valence-electron chi connectivity index (χ3n) is 4.65. The Morgan fingerprint density at radius 1 is 1.27 bits per heavy atom. The summed E-state index contributed by atoms with van der Waals surface area (Å²) in [7, 11) is 0. The summed E-state index contributed by atoms with van der Waals surface area (Å²) in [6.45, 7) is -0.335. The van der Waals surface area contributed by atoms with E-state index >= 15 is 0 Å². The standard InChI is InChI=1S/C20H19NO4S/c1-26-14-3-5-16-17(8-14)21-18-7-11-6-13(25-10-12(23)9-22)2-4-15(11)20(24)19(16)18/h2-6,8,12,21-23H,7,9-10H2,1H3/t12-/m1/s1. The lowest BCUT2D eigenvalue weighted by Gasteiger charge is -2.17. The summed E-state index contributed by atoms with van der Waals surface area (Å²) in [6, 6.07) is 11.4. The van der Waals surface area contributed by atoms with Crippen molar-refractivity contribution >= 4 is 28.4 Å². The van der Waals surface area contributed by atoms with Gasteiger partial charge in [-0.2, -0.15) is 0 Å². The number of aromatic amines is 1. The van der Waals surface area contributed by atoms with E-state index in [1.54, 1.807) is 23.9 Å². The normalized spacial score (nSPS) is 14.2. The summed E-state index contributed by atoms with van der Waals surface area (Å²) < 4.78 is 5.50. The van der Waals surface area contributed by atoms with Gasteiger partial charge in [-0.25, -0.2) is 0 Å². The Bertz CT molecular complexity index is 995. The Morgan fingerprint density at radius 2 is 2.12 bits per heavy atom. The minimum absolute atomic E-state index is 0.0122. The molecule has 0 fully saturated rings. The summed E-state index contributed by atoms with van der Waals surface area (Å²) >= 11 is 1.67. The summed E-state index contributed by atoms with van der Waals surface area (Å²) in [5.74, 6) is 0.597. The molecule has 2 aromatic carbocycles. The van der Waals surface area contributed by atoms with Gasteiger partial charge in [0.15, 0.2) is 5.78 Å². The van der Waals surface area contributed by atoms with Gasteiger partial charge in [0.1, 0.15) is 18.5 Å². The van der Waals surface area contributed by atoms with Gasteiger partial charge >= 0.3 is 0 Å². The first-order valence-corrected chi connectivity index (χ1v) is 9.61. The molecule has 26 heavy (non-hydrogen) atoms. The molecule has 5 nitrogen and oxygen atoms in total. The monoisotopic (exact) mass is 369 g/mol. The quantitative estimate of drug-likeness (QED) is 0.471. The van der Waals surface area contributed by atoms with Gasteiger partial charge in [-0.15, -0.1) is 11.8 Å². The fraction of sp³-hybridized carbons (Fsp3) is 0.250. The van der Waals surface area contributed by atoms with Crippen molar-refractivity contribution in [1.29, 1.82) is 0 Å². The maximum Gasteiger partial charge on any atom is 0.195 e. The van der Waals surface area contributed by atoms with E-state index in [0.717, 1.165) is 32.6 Å². The predicted octanol–water partition coefficient (Wildman–Crippen LogP) is 2.76. The van der Waals surface area contributed by atoms with Gasteiger partial charge in [0, 0.05) is 33.5 Å². The second-order valence-electron chi connectivity index (χ2n) is 6.36. The molecule has 4 rings (SSSR count). The Hall–Kier alpha value is -2.28. The maximum atomic E-state index is 13.0. The smallest absolute Gasteiger partial charge is 0.195 e. The van der Waals surface area contributed by atoms with Gasteiger partial charge in [-0.1, -0.05) is 6.07 Å². The Balaban J connectivity index is 1.69. The molecule has 1 aromatic heterocycles. The van der Waals surface area contributed by atoms with Crippen molar-refractivity contribution in [2.24, 2.45) is 0 Å². The number of rotatable bonds is 5. The molecule has 0 aliphatic heterocycles. The minimum atomic E-state index is -0.918. The third-order valence-corrected chi connectivity index (χ3v) is 5.38. The molecule has 0 unspecified atom stereocenters. The summed E-state index contributed by atoms with van der Waals surface area (Å²) in [5, 5.41) is 19.3. The fourth-order valence-corrected chi connectivity index (χ4v) is 3.79. The average Bonchev–Trinajstić information content (AvgIpc) is 3.03. The number of aliphatic hydroxyl groups is 2. The Morgan fingerprint density at radius 3 is 2.88 bits per heavy atom. The van der Waals surface area contributed by atoms with Crippen molar-refractivity contribution in [1.82, 2.24) is 4.98 Å². The summed E-state index contributed by atoms with van der Waals surface area (Å²) in [6.07, 6.45) is 1.73. The summed E-state index contributed by atoms with van der Waals surface area (Å²) in [5.41, 5.74) is 4.23. The van der Waals surface area contributed by atoms with E-state index in [-0.39, 0.29) is 19.0 Å². The van der Waals surface area contributed by atoms with Crippen LogP contribution in [-0.4, -0.2) is 46.6 Å². The first kappa shape index (κ1) is 17.1. The molecule has 0 bridgehead atoms. The molecule has 1 atom stereocenters. The highest BCUT2D eigenvalue weighted by atomic mass is 32.2. The van der Waals surface area contributed by atoms with Crippen molar-refractivity contribution in [2.45, 2.75) is 17.4 Å². The van der Waals surface area contributed by atoms with Crippen LogP contribution >= 0.6 is 11.8 Å². The number of carbonyl (C=O) groups excluding carboxylic acids is 1. The fourth-order valence-electron chi connectivity index (χ4n) is 3.35. The van der Waals surface area contributed by atoms with Crippen LogP contribution < -0.4 is 4.74 Å². The van der Waals surface area contributed by atoms with Crippen LogP contribution in [0.5, 0.6) is 5.75 Å². The lowest BCUT2D eigenvalue weighted by Crippen LogP contribution is -2.21. The van der Waals surface area contributed by atoms with Gasteiger partial charge in [-0.3, -0.25) is 4.79 Å². The molecule has 3 N–H and O–H groups in total. The number of ketones is 1. The van der Waals surface area contributed by atoms with E-state index in [1.807, 2.05) is 24.5 Å². The zero-order chi connectivity index (χ0) is 18.3. The van der Waals surface area contributed by atoms with Crippen LogP contribution in [0.15, 0.2) is 41.3 Å². The molecule has 6 heteroatoms. The number of benzene rings is 2. The molecular weight excluding hydrogens is 350 g/mol. The molecule has 134 valence electrons. The van der Waals surface area contributed by atoms with Crippen molar-refractivity contribution in [3.8, 4) is 5.75 Å². The SMILES string of the molecule is CSc1ccc2c3c([nH]c2c1)Cc1cc(OC[C@H](O)CO)ccc1C3=O. The topological polar surface area (TPSA) is 82.6 Å². The van der Waals surface area contributed by atoms with Gasteiger partial charge in [0.2, 0.25) is 0 Å². The molecule has 1 heterocycles. The van der Waals surface area contributed by atoms with Gasteiger partial charge in [0.05, 0.1) is 12.2 Å². The number of ether oxygens (including phenoxy) is 1. The van der Waals surface area contributed by atoms with E-state index in [1.165, 1.54) is 0 Å². The van der Waals surface area contributed by atoms with Crippen molar-refractivity contribution in [3.05, 3.63) is 58.8 Å². The lowest BCUT2D eigenvalue weighted by atomic mass is 9.87. The van der Waals surface area contributed by atoms with Crippen LogP contribution in [0.4, 0.5) is 0 Å². The molecule has 0 saturated heterocycles. The molecule has 0 radical (unpaired) electrons. The molecule has 1 aliphatic carbocycles. The number of hydrogen-bond acceptors (Lipinski definition) is 5. The molecule has 3 aromatic rings. The number of aromatic nitrogens is 1. The number of aliphatic hydroxyl groups excluding tert-OH is 2. The number of thioether (sulfide) groups is 1. The van der Waals surface area contributed by atoms with Crippen LogP contribution in [0.3, 0.4) is 0 Å². The first-order valence-electron chi connectivity index (χ1n) is 8.38. The Labute approximate surface area is 155 Å². The van der Waals surface area contributed by atoms with Gasteiger partial charge in [0.25, 0.3) is 0 Å². The van der Waals surface area contributed by atoms with Crippen LogP contribution in [0.2, 0.25) is 0 Å². The van der Waals surface area contributed by atoms with Crippen LogP contribution in [-0.2, 0) is 6.42 Å². The summed E-state index contributed by atoms with van der Waals surface area (Å²) in [4.78, 5) is 17.6. The van der Waals surface area contributed by atoms with E-state index in [0.29, 0.717) is 17.7 Å². The predicted molar refractivity (Wildman–Crippen MR) is 101 cm³/mol. The van der Waals surface area contributed by atoms with E-state index in [4.69, 9.17) is 9.84 Å². The minimum Gasteiger partial charge on any atom is -0.491 e. The lowest BCUT2D eigenvalue weighted by molar-refractivity contribution is 0.0536. The van der Waals surface area contributed by atoms with Crippen LogP contribution in [0, 0.1) is 0 Å². The van der Waals surface area contributed by atoms with E-state index < -0.39 is 6.10 Å². The highest BCUT2D eigenvalue weighted by Crippen LogP contribution is 2.35. The number of nitrogens with one attached hydrogen (secondary N) is 1. The number of H-pyrrole nitrogens is 1. The van der Waals surface area contributed by atoms with E-state index in [9.17, 15) is 9.90 Å². The van der Waals surface area contributed by atoms with Gasteiger partial charge < -0.3 is 19.9 Å². The molecule has 1 aliphatic rings. The molecular formula is C20H19NO4S. The first-order chi connectivity index (χ1) is 12.6. The average molecular weight is 369 g/mol. The number of hydrogen-bond donors (Lipinski definition) is 3. The number of fused-ring (bicyclic) bond motifs is 4. The Kier molecular flexibility index (Phi) is 4.48. The second-order valence-corrected chi connectivity index (χ2v) is 7.24. The zero-order valence-electron chi connectivity index (χ0n) is 14.3. The number of carbonyl (C=O) groups is 1. The highest BCUT2D eigenvalue weighted by molar-refractivity contribution is 7.98. The largest absolute Gasteiger partial charge is 0.491 e. The maximum absolute atomic E-state index is 13.0. The molecule has 0 amide bonds. The third kappa shape index (κ3) is 2.90. The van der Waals surface area contributed by atoms with Crippen molar-refractivity contribution in [3.63, 3.8) is 0 Å². The van der Waals surface area contributed by atoms with Crippen LogP contribution in [0.25, 0.3) is 10.9 Å². The highest BCUT2D eigenvalue weighted by Gasteiger charge is 2.27. The van der Waals surface area contributed by atoms with Crippen molar-refractivity contribution in [2.75, 3.05) is 19.5 Å². The van der Waals surface area contributed by atoms with E-state index in [2.05, 4.69) is 11.1 Å². The molecule has 0 saturated carbocycles. The molecule has 0 spiro atoms. The zero-order valence-corrected chi connectivity index (χ0v) is 15.1. The second kappa shape index (κ2) is 6.79.